The van der Waals surface area contributed by atoms with E-state index in [0.717, 1.165) is 10.8 Å². The summed E-state index contributed by atoms with van der Waals surface area (Å²) in [4.78, 5) is -0.161. The molecule has 7 heteroatoms. The van der Waals surface area contributed by atoms with Crippen molar-refractivity contribution in [1.82, 2.24) is 0 Å². The molecule has 0 bridgehead atoms. The molecule has 0 aromatic heterocycles. The van der Waals surface area contributed by atoms with Crippen molar-refractivity contribution in [2.75, 3.05) is 0 Å². The lowest BCUT2D eigenvalue weighted by molar-refractivity contribution is 0.243. The molecule has 30 heavy (non-hydrogen) atoms. The summed E-state index contributed by atoms with van der Waals surface area (Å²) >= 11 is 0. The summed E-state index contributed by atoms with van der Waals surface area (Å²) in [6.45, 7) is 3.88. The van der Waals surface area contributed by atoms with Gasteiger partial charge >= 0.3 is 0 Å². The predicted octanol–water partition coefficient (Wildman–Crippen LogP) is 6.44. The molecular weight excluding hydrogens is 400 g/mol. The molecule has 1 N–H and O–H groups in total. The summed E-state index contributed by atoms with van der Waals surface area (Å²) in [7, 11) is -4.35. The number of azo groups is 1. The first kappa shape index (κ1) is 20.0. The van der Waals surface area contributed by atoms with Gasteiger partial charge in [-0.2, -0.15) is 8.42 Å². The summed E-state index contributed by atoms with van der Waals surface area (Å²) < 4.78 is 38.9. The van der Waals surface area contributed by atoms with Crippen LogP contribution in [0.4, 0.5) is 11.4 Å². The quantitative estimate of drug-likeness (QED) is 0.297. The minimum Gasteiger partial charge on any atom is -0.489 e. The molecule has 6 nitrogen and oxygen atoms in total. The van der Waals surface area contributed by atoms with Crippen LogP contribution in [0.25, 0.3) is 21.5 Å². The molecule has 0 atom stereocenters. The van der Waals surface area contributed by atoms with E-state index in [0.29, 0.717) is 27.9 Å². The third-order valence-corrected chi connectivity index (χ3v) is 5.53. The van der Waals surface area contributed by atoms with Crippen LogP contribution in [0.3, 0.4) is 0 Å². The smallest absolute Gasteiger partial charge is 0.295 e. The number of hydrogen-bond donors (Lipinski definition) is 1. The molecule has 0 unspecified atom stereocenters. The average Bonchev–Trinajstić information content (AvgIpc) is 2.71. The lowest BCUT2D eigenvalue weighted by atomic mass is 10.1. The first-order valence-electron chi connectivity index (χ1n) is 9.44. The van der Waals surface area contributed by atoms with Crippen molar-refractivity contribution < 1.29 is 17.7 Å². The van der Waals surface area contributed by atoms with Gasteiger partial charge in [-0.15, -0.1) is 10.2 Å². The lowest BCUT2D eigenvalue weighted by Crippen LogP contribution is -2.05. The van der Waals surface area contributed by atoms with E-state index in [4.69, 9.17) is 4.74 Å². The topological polar surface area (TPSA) is 88.3 Å². The van der Waals surface area contributed by atoms with Crippen LogP contribution in [0.2, 0.25) is 0 Å². The van der Waals surface area contributed by atoms with E-state index in [1.165, 1.54) is 12.1 Å². The van der Waals surface area contributed by atoms with Gasteiger partial charge in [0, 0.05) is 16.2 Å². The highest BCUT2D eigenvalue weighted by atomic mass is 32.2. The Bertz CT molecular complexity index is 1380. The van der Waals surface area contributed by atoms with Crippen molar-refractivity contribution >= 4 is 43.0 Å². The lowest BCUT2D eigenvalue weighted by Gasteiger charge is -2.13. The maximum absolute atomic E-state index is 11.7. The highest BCUT2D eigenvalue weighted by Gasteiger charge is 2.16. The first-order valence-corrected chi connectivity index (χ1v) is 10.9. The number of fused-ring (bicyclic) bond motifs is 2. The Kier molecular flexibility index (Phi) is 5.24. The summed E-state index contributed by atoms with van der Waals surface area (Å²) in [5, 5.41) is 11.8. The summed E-state index contributed by atoms with van der Waals surface area (Å²) in [5.74, 6) is 0.617. The fraction of sp³-hybridized carbons (Fsp3) is 0.130. The van der Waals surface area contributed by atoms with Gasteiger partial charge in [-0.3, -0.25) is 4.55 Å². The number of rotatable bonds is 5. The van der Waals surface area contributed by atoms with Gasteiger partial charge in [-0.25, -0.2) is 0 Å². The number of ether oxygens (including phenoxy) is 1. The monoisotopic (exact) mass is 420 g/mol. The van der Waals surface area contributed by atoms with Crippen molar-refractivity contribution in [3.8, 4) is 5.75 Å². The molecule has 0 aliphatic rings. The van der Waals surface area contributed by atoms with Gasteiger partial charge in [-0.05, 0) is 37.4 Å². The predicted molar refractivity (Wildman–Crippen MR) is 118 cm³/mol. The van der Waals surface area contributed by atoms with Gasteiger partial charge in [0.1, 0.15) is 16.3 Å². The third kappa shape index (κ3) is 3.90. The molecule has 0 spiro atoms. The highest BCUT2D eigenvalue weighted by Crippen LogP contribution is 2.39. The Morgan fingerprint density at radius 2 is 1.47 bits per heavy atom. The summed E-state index contributed by atoms with van der Waals surface area (Å²) in [5.41, 5.74) is 1.09. The van der Waals surface area contributed by atoms with Gasteiger partial charge in [0.15, 0.2) is 0 Å². The van der Waals surface area contributed by atoms with Crippen LogP contribution in [-0.4, -0.2) is 19.1 Å². The van der Waals surface area contributed by atoms with Gasteiger partial charge in [0.2, 0.25) is 0 Å². The van der Waals surface area contributed by atoms with Crippen molar-refractivity contribution in [1.29, 1.82) is 0 Å². The van der Waals surface area contributed by atoms with E-state index in [1.54, 1.807) is 24.3 Å². The number of nitrogens with zero attached hydrogens (tertiary/aromatic N) is 2. The Labute approximate surface area is 174 Å². The average molecular weight is 420 g/mol. The first-order chi connectivity index (χ1) is 14.3. The van der Waals surface area contributed by atoms with Crippen LogP contribution in [0, 0.1) is 0 Å². The Morgan fingerprint density at radius 1 is 0.800 bits per heavy atom. The molecule has 4 aromatic rings. The number of hydrogen-bond acceptors (Lipinski definition) is 5. The van der Waals surface area contributed by atoms with E-state index >= 15 is 0 Å². The summed E-state index contributed by atoms with van der Waals surface area (Å²) in [6.07, 6.45) is -0.0324. The molecular formula is C23H20N2O4S. The van der Waals surface area contributed by atoms with E-state index in [2.05, 4.69) is 10.2 Å². The molecule has 0 heterocycles. The summed E-state index contributed by atoms with van der Waals surface area (Å²) in [6, 6.07) is 21.4. The zero-order valence-electron chi connectivity index (χ0n) is 16.5. The van der Waals surface area contributed by atoms with Crippen molar-refractivity contribution in [3.05, 3.63) is 72.8 Å². The van der Waals surface area contributed by atoms with E-state index < -0.39 is 10.1 Å². The maximum Gasteiger partial charge on any atom is 0.295 e. The van der Waals surface area contributed by atoms with Crippen LogP contribution < -0.4 is 4.74 Å². The van der Waals surface area contributed by atoms with Crippen LogP contribution in [0.5, 0.6) is 5.75 Å². The molecule has 0 saturated heterocycles. The molecule has 0 aliphatic heterocycles. The van der Waals surface area contributed by atoms with Crippen LogP contribution >= 0.6 is 0 Å². The van der Waals surface area contributed by atoms with Crippen molar-refractivity contribution in [2.24, 2.45) is 10.2 Å². The van der Waals surface area contributed by atoms with Gasteiger partial charge in [0.25, 0.3) is 10.1 Å². The highest BCUT2D eigenvalue weighted by molar-refractivity contribution is 7.86. The van der Waals surface area contributed by atoms with E-state index in [-0.39, 0.29) is 11.0 Å². The van der Waals surface area contributed by atoms with E-state index in [9.17, 15) is 13.0 Å². The number of benzene rings is 4. The normalized spacial score (nSPS) is 12.3. The minimum atomic E-state index is -4.35. The van der Waals surface area contributed by atoms with Gasteiger partial charge in [-0.1, -0.05) is 54.6 Å². The largest absolute Gasteiger partial charge is 0.489 e. The Morgan fingerprint density at radius 3 is 2.17 bits per heavy atom. The Balaban J connectivity index is 1.89. The maximum atomic E-state index is 11.7. The fourth-order valence-corrected chi connectivity index (χ4v) is 4.05. The fourth-order valence-electron chi connectivity index (χ4n) is 3.36. The molecule has 152 valence electrons. The second-order valence-electron chi connectivity index (χ2n) is 7.10. The molecule has 0 aliphatic carbocycles. The zero-order chi connectivity index (χ0) is 21.3. The standard InChI is InChI=1S/C23H20N2O4S/c1-15(2)29-21-13-11-16-7-3-4-8-17(16)23(21)25-24-20-12-14-22(30(26,27)28)19-10-6-5-9-18(19)20/h3-15H,1-2H3,(H,26,27,28). The van der Waals surface area contributed by atoms with Gasteiger partial charge < -0.3 is 4.74 Å². The Hall–Kier alpha value is -3.29. The molecule has 4 rings (SSSR count). The second-order valence-corrected chi connectivity index (χ2v) is 8.49. The molecule has 4 aromatic carbocycles. The molecule has 0 radical (unpaired) electrons. The minimum absolute atomic E-state index is 0.0324. The molecule has 0 fully saturated rings. The SMILES string of the molecule is CC(C)Oc1ccc2ccccc2c1N=Nc1ccc(S(=O)(=O)O)c2ccccc12. The van der Waals surface area contributed by atoms with Crippen LogP contribution in [-0.2, 0) is 10.1 Å². The van der Waals surface area contributed by atoms with Crippen molar-refractivity contribution in [2.45, 2.75) is 24.8 Å². The third-order valence-electron chi connectivity index (χ3n) is 4.62. The molecule has 0 saturated carbocycles. The van der Waals surface area contributed by atoms with Crippen LogP contribution in [0.15, 0.2) is 87.9 Å². The van der Waals surface area contributed by atoms with Crippen LogP contribution in [0.1, 0.15) is 13.8 Å². The molecule has 0 amide bonds. The van der Waals surface area contributed by atoms with Crippen molar-refractivity contribution in [3.63, 3.8) is 0 Å². The second kappa shape index (κ2) is 7.85. The zero-order valence-corrected chi connectivity index (χ0v) is 17.3. The van der Waals surface area contributed by atoms with E-state index in [1.807, 2.05) is 50.2 Å². The van der Waals surface area contributed by atoms with Gasteiger partial charge in [0.05, 0.1) is 11.8 Å².